The molecule has 1 saturated heterocycles. The van der Waals surface area contributed by atoms with Crippen LogP contribution in [0.25, 0.3) is 0 Å². The Hall–Kier alpha value is 0.0500. The quantitative estimate of drug-likeness (QED) is 0.788. The SMILES string of the molecule is Cc1cc(Br)c(S(=O)(=O)NCCN2CCCC2)cc1Br. The molecular weight excluding hydrogens is 408 g/mol. The van der Waals surface area contributed by atoms with Crippen molar-refractivity contribution in [3.05, 3.63) is 26.6 Å². The maximum Gasteiger partial charge on any atom is 0.241 e. The standard InChI is InChI=1S/C13H18Br2N2O2S/c1-10-8-12(15)13(9-11(10)14)20(18,19)16-4-7-17-5-2-3-6-17/h8-9,16H,2-7H2,1H3. The number of likely N-dealkylation sites (tertiary alicyclic amines) is 1. The Morgan fingerprint density at radius 3 is 2.50 bits per heavy atom. The molecule has 4 nitrogen and oxygen atoms in total. The fourth-order valence-electron chi connectivity index (χ4n) is 2.26. The van der Waals surface area contributed by atoms with Crippen molar-refractivity contribution in [3.63, 3.8) is 0 Å². The first-order valence-corrected chi connectivity index (χ1v) is 9.65. The maximum atomic E-state index is 12.3. The molecule has 0 bridgehead atoms. The summed E-state index contributed by atoms with van der Waals surface area (Å²) in [5.74, 6) is 0. The average Bonchev–Trinajstić information content (AvgIpc) is 2.86. The van der Waals surface area contributed by atoms with E-state index < -0.39 is 10.0 Å². The Morgan fingerprint density at radius 1 is 1.20 bits per heavy atom. The molecule has 1 aromatic carbocycles. The molecule has 0 aromatic heterocycles. The van der Waals surface area contributed by atoms with Gasteiger partial charge in [-0.25, -0.2) is 13.1 Å². The zero-order valence-corrected chi connectivity index (χ0v) is 15.3. The topological polar surface area (TPSA) is 49.4 Å². The van der Waals surface area contributed by atoms with Crippen LogP contribution in [0.15, 0.2) is 26.0 Å². The molecule has 0 radical (unpaired) electrons. The van der Waals surface area contributed by atoms with E-state index in [1.54, 1.807) is 12.1 Å². The molecule has 112 valence electrons. The van der Waals surface area contributed by atoms with Gasteiger partial charge >= 0.3 is 0 Å². The zero-order chi connectivity index (χ0) is 14.8. The van der Waals surface area contributed by atoms with Gasteiger partial charge in [0.2, 0.25) is 10.0 Å². The smallest absolute Gasteiger partial charge is 0.241 e. The van der Waals surface area contributed by atoms with E-state index in [1.807, 2.05) is 6.92 Å². The fraction of sp³-hybridized carbons (Fsp3) is 0.538. The number of nitrogens with one attached hydrogen (secondary N) is 1. The van der Waals surface area contributed by atoms with Gasteiger partial charge in [-0.1, -0.05) is 15.9 Å². The maximum absolute atomic E-state index is 12.3. The van der Waals surface area contributed by atoms with Crippen LogP contribution in [0.3, 0.4) is 0 Å². The summed E-state index contributed by atoms with van der Waals surface area (Å²) in [5, 5.41) is 0. The van der Waals surface area contributed by atoms with Crippen LogP contribution >= 0.6 is 31.9 Å². The highest BCUT2D eigenvalue weighted by Gasteiger charge is 2.19. The summed E-state index contributed by atoms with van der Waals surface area (Å²) in [6.45, 7) is 5.28. The second-order valence-electron chi connectivity index (χ2n) is 4.98. The molecule has 0 atom stereocenters. The second-order valence-corrected chi connectivity index (χ2v) is 8.42. The van der Waals surface area contributed by atoms with Crippen LogP contribution in [0.1, 0.15) is 18.4 Å². The minimum Gasteiger partial charge on any atom is -0.302 e. The van der Waals surface area contributed by atoms with Crippen LogP contribution in [-0.2, 0) is 10.0 Å². The summed E-state index contributed by atoms with van der Waals surface area (Å²) in [6.07, 6.45) is 2.42. The molecule has 1 heterocycles. The summed E-state index contributed by atoms with van der Waals surface area (Å²) < 4.78 is 28.7. The molecule has 1 N–H and O–H groups in total. The predicted octanol–water partition coefficient (Wildman–Crippen LogP) is 2.89. The molecule has 0 amide bonds. The monoisotopic (exact) mass is 424 g/mol. The highest BCUT2D eigenvalue weighted by Crippen LogP contribution is 2.28. The molecule has 1 fully saturated rings. The van der Waals surface area contributed by atoms with E-state index in [1.165, 1.54) is 12.8 Å². The average molecular weight is 426 g/mol. The summed E-state index contributed by atoms with van der Waals surface area (Å²) in [5.41, 5.74) is 0.993. The van der Waals surface area contributed by atoms with E-state index >= 15 is 0 Å². The number of nitrogens with zero attached hydrogens (tertiary/aromatic N) is 1. The highest BCUT2D eigenvalue weighted by atomic mass is 79.9. The summed E-state index contributed by atoms with van der Waals surface area (Å²) >= 11 is 6.70. The van der Waals surface area contributed by atoms with Crippen molar-refractivity contribution < 1.29 is 8.42 Å². The van der Waals surface area contributed by atoms with Crippen molar-refractivity contribution in [2.75, 3.05) is 26.2 Å². The van der Waals surface area contributed by atoms with Gasteiger partial charge in [-0.05, 0) is 66.5 Å². The molecule has 1 aromatic rings. The number of sulfonamides is 1. The lowest BCUT2D eigenvalue weighted by atomic mass is 10.2. The van der Waals surface area contributed by atoms with Gasteiger partial charge in [0, 0.05) is 22.0 Å². The number of hydrogen-bond donors (Lipinski definition) is 1. The molecule has 0 spiro atoms. The minimum atomic E-state index is -3.48. The van der Waals surface area contributed by atoms with Gasteiger partial charge in [0.25, 0.3) is 0 Å². The lowest BCUT2D eigenvalue weighted by Crippen LogP contribution is -2.33. The first-order chi connectivity index (χ1) is 9.40. The number of hydrogen-bond acceptors (Lipinski definition) is 3. The van der Waals surface area contributed by atoms with Crippen LogP contribution < -0.4 is 4.72 Å². The Bertz CT molecular complexity index is 584. The zero-order valence-electron chi connectivity index (χ0n) is 11.3. The first kappa shape index (κ1) is 16.4. The number of aryl methyl sites for hydroxylation is 1. The van der Waals surface area contributed by atoms with Crippen molar-refractivity contribution in [1.82, 2.24) is 9.62 Å². The van der Waals surface area contributed by atoms with Gasteiger partial charge in [-0.15, -0.1) is 0 Å². The number of benzene rings is 1. The van der Waals surface area contributed by atoms with E-state index in [2.05, 4.69) is 41.5 Å². The van der Waals surface area contributed by atoms with Crippen LogP contribution in [-0.4, -0.2) is 39.5 Å². The summed E-state index contributed by atoms with van der Waals surface area (Å²) in [4.78, 5) is 2.55. The molecule has 0 unspecified atom stereocenters. The van der Waals surface area contributed by atoms with E-state index in [0.29, 0.717) is 11.0 Å². The van der Waals surface area contributed by atoms with Gasteiger partial charge in [0.05, 0.1) is 4.90 Å². The van der Waals surface area contributed by atoms with Crippen LogP contribution in [0.4, 0.5) is 0 Å². The molecular formula is C13H18Br2N2O2S. The third-order valence-corrected chi connectivity index (χ3v) is 6.70. The predicted molar refractivity (Wildman–Crippen MR) is 87.4 cm³/mol. The van der Waals surface area contributed by atoms with E-state index in [4.69, 9.17) is 0 Å². The Morgan fingerprint density at radius 2 is 1.85 bits per heavy atom. The van der Waals surface area contributed by atoms with Crippen molar-refractivity contribution in [2.45, 2.75) is 24.7 Å². The molecule has 1 aliphatic heterocycles. The van der Waals surface area contributed by atoms with E-state index in [0.717, 1.165) is 29.7 Å². The third kappa shape index (κ3) is 4.04. The van der Waals surface area contributed by atoms with Crippen molar-refractivity contribution in [1.29, 1.82) is 0 Å². The van der Waals surface area contributed by atoms with Gasteiger partial charge in [-0.3, -0.25) is 0 Å². The Balaban J connectivity index is 2.04. The normalized spacial score (nSPS) is 16.8. The Labute approximate surface area is 137 Å². The van der Waals surface area contributed by atoms with Crippen LogP contribution in [0.5, 0.6) is 0 Å². The van der Waals surface area contributed by atoms with Crippen molar-refractivity contribution in [3.8, 4) is 0 Å². The third-order valence-electron chi connectivity index (χ3n) is 3.42. The fourth-order valence-corrected chi connectivity index (χ4v) is 4.95. The molecule has 0 saturated carbocycles. The van der Waals surface area contributed by atoms with Crippen molar-refractivity contribution in [2.24, 2.45) is 0 Å². The van der Waals surface area contributed by atoms with Gasteiger partial charge in [0.1, 0.15) is 0 Å². The summed E-state index contributed by atoms with van der Waals surface area (Å²) in [6, 6.07) is 3.44. The molecule has 7 heteroatoms. The largest absolute Gasteiger partial charge is 0.302 e. The minimum absolute atomic E-state index is 0.274. The van der Waals surface area contributed by atoms with Gasteiger partial charge in [0.15, 0.2) is 0 Å². The van der Waals surface area contributed by atoms with E-state index in [-0.39, 0.29) is 4.90 Å². The first-order valence-electron chi connectivity index (χ1n) is 6.58. The number of halogens is 2. The highest BCUT2D eigenvalue weighted by molar-refractivity contribution is 9.11. The van der Waals surface area contributed by atoms with E-state index in [9.17, 15) is 8.42 Å². The van der Waals surface area contributed by atoms with Crippen LogP contribution in [0, 0.1) is 6.92 Å². The van der Waals surface area contributed by atoms with Crippen LogP contribution in [0.2, 0.25) is 0 Å². The lowest BCUT2D eigenvalue weighted by Gasteiger charge is -2.15. The Kier molecular flexibility index (Phi) is 5.64. The van der Waals surface area contributed by atoms with Gasteiger partial charge < -0.3 is 4.90 Å². The number of rotatable bonds is 5. The second kappa shape index (κ2) is 6.87. The lowest BCUT2D eigenvalue weighted by molar-refractivity contribution is 0.344. The van der Waals surface area contributed by atoms with Crippen molar-refractivity contribution >= 4 is 41.9 Å². The molecule has 20 heavy (non-hydrogen) atoms. The molecule has 2 rings (SSSR count). The molecule has 0 aliphatic carbocycles. The van der Waals surface area contributed by atoms with Gasteiger partial charge in [-0.2, -0.15) is 0 Å². The molecule has 1 aliphatic rings. The summed E-state index contributed by atoms with van der Waals surface area (Å²) in [7, 11) is -3.48.